The lowest BCUT2D eigenvalue weighted by Gasteiger charge is -2.34. The second kappa shape index (κ2) is 8.84. The standard InChI is InChI=1S/C15H29N3O4S/c1-2-3-4-12-23(20,21)18-9-7-17(8-10-18)15(19)16-13-14-6-5-11-22-14/h14H,2-13H2,1H3,(H,16,19)/t14-/m1/s1. The van der Waals surface area contributed by atoms with Gasteiger partial charge in [-0.1, -0.05) is 19.8 Å². The van der Waals surface area contributed by atoms with Crippen LogP contribution in [-0.2, 0) is 14.8 Å². The highest BCUT2D eigenvalue weighted by Gasteiger charge is 2.28. The Morgan fingerprint density at radius 2 is 1.96 bits per heavy atom. The summed E-state index contributed by atoms with van der Waals surface area (Å²) in [4.78, 5) is 13.8. The van der Waals surface area contributed by atoms with Gasteiger partial charge in [-0.3, -0.25) is 0 Å². The van der Waals surface area contributed by atoms with Gasteiger partial charge in [-0.25, -0.2) is 13.2 Å². The van der Waals surface area contributed by atoms with Gasteiger partial charge >= 0.3 is 6.03 Å². The van der Waals surface area contributed by atoms with Crippen molar-refractivity contribution in [3.63, 3.8) is 0 Å². The number of nitrogens with zero attached hydrogens (tertiary/aromatic N) is 2. The molecule has 0 aliphatic carbocycles. The Morgan fingerprint density at radius 3 is 2.57 bits per heavy atom. The average molecular weight is 347 g/mol. The van der Waals surface area contributed by atoms with Crippen LogP contribution in [0, 0.1) is 0 Å². The summed E-state index contributed by atoms with van der Waals surface area (Å²) in [5.41, 5.74) is 0. The van der Waals surface area contributed by atoms with Crippen molar-refractivity contribution in [2.24, 2.45) is 0 Å². The molecule has 7 nitrogen and oxygen atoms in total. The molecule has 0 aromatic rings. The summed E-state index contributed by atoms with van der Waals surface area (Å²) in [6, 6.07) is -0.122. The number of hydrogen-bond donors (Lipinski definition) is 1. The Morgan fingerprint density at radius 1 is 1.22 bits per heavy atom. The van der Waals surface area contributed by atoms with Gasteiger partial charge in [-0.05, 0) is 19.3 Å². The van der Waals surface area contributed by atoms with E-state index in [1.54, 1.807) is 4.90 Å². The average Bonchev–Trinajstić information content (AvgIpc) is 3.06. The van der Waals surface area contributed by atoms with Crippen LogP contribution >= 0.6 is 0 Å². The molecule has 0 radical (unpaired) electrons. The van der Waals surface area contributed by atoms with Crippen LogP contribution in [0.3, 0.4) is 0 Å². The van der Waals surface area contributed by atoms with Gasteiger partial charge in [0, 0.05) is 39.3 Å². The van der Waals surface area contributed by atoms with Crippen molar-refractivity contribution in [2.45, 2.75) is 45.1 Å². The highest BCUT2D eigenvalue weighted by atomic mass is 32.2. The molecule has 0 saturated carbocycles. The van der Waals surface area contributed by atoms with Gasteiger partial charge in [0.1, 0.15) is 0 Å². The number of sulfonamides is 1. The predicted octanol–water partition coefficient (Wildman–Crippen LogP) is 1.01. The monoisotopic (exact) mass is 347 g/mol. The first-order chi connectivity index (χ1) is 11.0. The number of amides is 2. The van der Waals surface area contributed by atoms with E-state index in [9.17, 15) is 13.2 Å². The predicted molar refractivity (Wildman–Crippen MR) is 88.8 cm³/mol. The lowest BCUT2D eigenvalue weighted by molar-refractivity contribution is 0.107. The molecular formula is C15H29N3O4S. The maximum Gasteiger partial charge on any atom is 0.317 e. The zero-order valence-electron chi connectivity index (χ0n) is 14.0. The summed E-state index contributed by atoms with van der Waals surface area (Å²) in [5.74, 6) is 0.214. The van der Waals surface area contributed by atoms with Crippen molar-refractivity contribution in [2.75, 3.05) is 45.1 Å². The molecule has 2 aliphatic rings. The maximum atomic E-state index is 12.2. The van der Waals surface area contributed by atoms with Crippen molar-refractivity contribution in [1.82, 2.24) is 14.5 Å². The first kappa shape index (κ1) is 18.5. The fraction of sp³-hybridized carbons (Fsp3) is 0.933. The second-order valence-electron chi connectivity index (χ2n) is 6.23. The number of hydrogen-bond acceptors (Lipinski definition) is 4. The minimum Gasteiger partial charge on any atom is -0.376 e. The molecule has 2 rings (SSSR count). The van der Waals surface area contributed by atoms with Gasteiger partial charge in [0.05, 0.1) is 11.9 Å². The van der Waals surface area contributed by atoms with Crippen molar-refractivity contribution in [3.8, 4) is 0 Å². The second-order valence-corrected chi connectivity index (χ2v) is 8.32. The summed E-state index contributed by atoms with van der Waals surface area (Å²) < 4.78 is 31.5. The third-order valence-corrected chi connectivity index (χ3v) is 6.39. The highest BCUT2D eigenvalue weighted by molar-refractivity contribution is 7.89. The smallest absolute Gasteiger partial charge is 0.317 e. The van der Waals surface area contributed by atoms with Gasteiger partial charge < -0.3 is 15.0 Å². The molecule has 1 atom stereocenters. The van der Waals surface area contributed by atoms with Crippen LogP contribution < -0.4 is 5.32 Å². The minimum absolute atomic E-state index is 0.122. The molecule has 0 spiro atoms. The van der Waals surface area contributed by atoms with Crippen molar-refractivity contribution >= 4 is 16.1 Å². The van der Waals surface area contributed by atoms with Crippen molar-refractivity contribution < 1.29 is 17.9 Å². The first-order valence-electron chi connectivity index (χ1n) is 8.65. The molecule has 2 fully saturated rings. The maximum absolute atomic E-state index is 12.2. The minimum atomic E-state index is -3.18. The number of unbranched alkanes of at least 4 members (excludes halogenated alkanes) is 2. The number of carbonyl (C=O) groups is 1. The fourth-order valence-corrected chi connectivity index (χ4v) is 4.50. The zero-order valence-corrected chi connectivity index (χ0v) is 14.8. The van der Waals surface area contributed by atoms with Gasteiger partial charge in [0.25, 0.3) is 0 Å². The SMILES string of the molecule is CCCCCS(=O)(=O)N1CCN(C(=O)NC[C@H]2CCCO2)CC1. The third-order valence-electron chi connectivity index (χ3n) is 4.43. The first-order valence-corrected chi connectivity index (χ1v) is 10.3. The summed E-state index contributed by atoms with van der Waals surface area (Å²) in [7, 11) is -3.18. The Bertz CT molecular complexity index is 469. The van der Waals surface area contributed by atoms with Gasteiger partial charge in [-0.15, -0.1) is 0 Å². The molecule has 1 N–H and O–H groups in total. The van der Waals surface area contributed by atoms with E-state index >= 15 is 0 Å². The van der Waals surface area contributed by atoms with E-state index in [2.05, 4.69) is 12.2 Å². The summed E-state index contributed by atoms with van der Waals surface area (Å²) in [5, 5.41) is 2.88. The van der Waals surface area contributed by atoms with Crippen LogP contribution in [0.2, 0.25) is 0 Å². The molecule has 2 amide bonds. The largest absolute Gasteiger partial charge is 0.376 e. The summed E-state index contributed by atoms with van der Waals surface area (Å²) in [6.07, 6.45) is 4.82. The van der Waals surface area contributed by atoms with E-state index in [-0.39, 0.29) is 17.9 Å². The summed E-state index contributed by atoms with van der Waals surface area (Å²) in [6.45, 7) is 5.04. The lowest BCUT2D eigenvalue weighted by Crippen LogP contribution is -2.54. The Hall–Kier alpha value is -0.860. The Labute approximate surface area is 139 Å². The van der Waals surface area contributed by atoms with Crippen molar-refractivity contribution in [3.05, 3.63) is 0 Å². The Balaban J connectivity index is 1.71. The van der Waals surface area contributed by atoms with Crippen LogP contribution in [0.5, 0.6) is 0 Å². The van der Waals surface area contributed by atoms with Crippen LogP contribution in [0.1, 0.15) is 39.0 Å². The quantitative estimate of drug-likeness (QED) is 0.697. The van der Waals surface area contributed by atoms with Crippen LogP contribution in [0.4, 0.5) is 4.79 Å². The molecule has 0 bridgehead atoms. The lowest BCUT2D eigenvalue weighted by atomic mass is 10.2. The molecular weight excluding hydrogens is 318 g/mol. The van der Waals surface area contributed by atoms with Gasteiger partial charge in [-0.2, -0.15) is 4.31 Å². The van der Waals surface area contributed by atoms with E-state index < -0.39 is 10.0 Å². The van der Waals surface area contributed by atoms with E-state index in [1.165, 1.54) is 4.31 Å². The number of nitrogens with one attached hydrogen (secondary N) is 1. The van der Waals surface area contributed by atoms with E-state index in [0.717, 1.165) is 32.3 Å². The molecule has 0 aromatic carbocycles. The summed E-state index contributed by atoms with van der Waals surface area (Å²) >= 11 is 0. The normalized spacial score (nSPS) is 23.2. The van der Waals surface area contributed by atoms with Gasteiger partial charge in [0.15, 0.2) is 0 Å². The number of urea groups is 1. The molecule has 2 saturated heterocycles. The Kier molecular flexibility index (Phi) is 7.10. The van der Waals surface area contributed by atoms with Crippen LogP contribution in [0.25, 0.3) is 0 Å². The molecule has 8 heteroatoms. The van der Waals surface area contributed by atoms with Crippen LogP contribution in [0.15, 0.2) is 0 Å². The molecule has 2 aliphatic heterocycles. The van der Waals surface area contributed by atoms with Gasteiger partial charge in [0.2, 0.25) is 10.0 Å². The van der Waals surface area contributed by atoms with Crippen molar-refractivity contribution in [1.29, 1.82) is 0 Å². The number of rotatable bonds is 7. The molecule has 0 unspecified atom stereocenters. The topological polar surface area (TPSA) is 79.0 Å². The van der Waals surface area contributed by atoms with E-state index in [0.29, 0.717) is 39.1 Å². The van der Waals surface area contributed by atoms with Crippen LogP contribution in [-0.4, -0.2) is 74.8 Å². The molecule has 2 heterocycles. The zero-order chi connectivity index (χ0) is 16.7. The van der Waals surface area contributed by atoms with E-state index in [1.807, 2.05) is 0 Å². The highest BCUT2D eigenvalue weighted by Crippen LogP contribution is 2.12. The fourth-order valence-electron chi connectivity index (χ4n) is 2.95. The third kappa shape index (κ3) is 5.61. The number of piperazine rings is 1. The molecule has 23 heavy (non-hydrogen) atoms. The van der Waals surface area contributed by atoms with E-state index in [4.69, 9.17) is 4.74 Å². The number of ether oxygens (including phenoxy) is 1. The molecule has 0 aromatic heterocycles. The molecule has 134 valence electrons. The number of carbonyl (C=O) groups excluding carboxylic acids is 1.